The Morgan fingerprint density at radius 2 is 1.71 bits per heavy atom. The molecule has 2 unspecified atom stereocenters. The number of hydrogen-bond acceptors (Lipinski definition) is 4. The predicted molar refractivity (Wildman–Crippen MR) is 80.5 cm³/mol. The zero-order valence-corrected chi connectivity index (χ0v) is 13.7. The monoisotopic (exact) mass is 300 g/mol. The van der Waals surface area contributed by atoms with Gasteiger partial charge < -0.3 is 15.4 Å². The first-order chi connectivity index (χ1) is 9.77. The smallest absolute Gasteiger partial charge is 0.328 e. The van der Waals surface area contributed by atoms with Crippen LogP contribution in [0.1, 0.15) is 53.9 Å². The Balaban J connectivity index is 4.44. The molecule has 0 radical (unpaired) electrons. The molecule has 0 aliphatic carbocycles. The number of ether oxygens (including phenoxy) is 1. The standard InChI is InChI=1S/C15H28N2O4/c1-6-7-8-21-15(20)11(4)16-14(19)13(9-10(2)3)17-12(5)18/h10-11,13H,6-9H2,1-5H3,(H,16,19)(H,17,18). The minimum absolute atomic E-state index is 0.249. The van der Waals surface area contributed by atoms with Crippen LogP contribution >= 0.6 is 0 Å². The zero-order valence-electron chi connectivity index (χ0n) is 13.7. The van der Waals surface area contributed by atoms with Crippen LogP contribution in [0.25, 0.3) is 0 Å². The Kier molecular flexibility index (Phi) is 9.41. The third-order valence-electron chi connectivity index (χ3n) is 2.86. The lowest BCUT2D eigenvalue weighted by Crippen LogP contribution is -2.51. The molecule has 0 rings (SSSR count). The summed E-state index contributed by atoms with van der Waals surface area (Å²) in [6.07, 6.45) is 2.25. The van der Waals surface area contributed by atoms with Crippen molar-refractivity contribution in [2.45, 2.75) is 66.0 Å². The summed E-state index contributed by atoms with van der Waals surface area (Å²) in [4.78, 5) is 35.0. The van der Waals surface area contributed by atoms with E-state index < -0.39 is 18.1 Å². The summed E-state index contributed by atoms with van der Waals surface area (Å²) in [5.74, 6) is -0.838. The lowest BCUT2D eigenvalue weighted by molar-refractivity contribution is -0.147. The van der Waals surface area contributed by atoms with Gasteiger partial charge in [-0.05, 0) is 25.7 Å². The van der Waals surface area contributed by atoms with Gasteiger partial charge in [-0.25, -0.2) is 4.79 Å². The molecular weight excluding hydrogens is 272 g/mol. The van der Waals surface area contributed by atoms with Gasteiger partial charge in [-0.1, -0.05) is 27.2 Å². The second-order valence-electron chi connectivity index (χ2n) is 5.63. The van der Waals surface area contributed by atoms with E-state index in [-0.39, 0.29) is 17.7 Å². The van der Waals surface area contributed by atoms with Gasteiger partial charge >= 0.3 is 5.97 Å². The third-order valence-corrected chi connectivity index (χ3v) is 2.86. The van der Waals surface area contributed by atoms with Crippen molar-refractivity contribution in [3.05, 3.63) is 0 Å². The summed E-state index contributed by atoms with van der Waals surface area (Å²) in [6.45, 7) is 9.23. The lowest BCUT2D eigenvalue weighted by Gasteiger charge is -2.21. The molecule has 6 heteroatoms. The van der Waals surface area contributed by atoms with E-state index in [0.717, 1.165) is 12.8 Å². The summed E-state index contributed by atoms with van der Waals surface area (Å²) in [6, 6.07) is -1.36. The molecule has 6 nitrogen and oxygen atoms in total. The fourth-order valence-electron chi connectivity index (χ4n) is 1.76. The third kappa shape index (κ3) is 9.05. The Labute approximate surface area is 127 Å². The van der Waals surface area contributed by atoms with Crippen molar-refractivity contribution in [1.29, 1.82) is 0 Å². The molecule has 0 heterocycles. The lowest BCUT2D eigenvalue weighted by atomic mass is 10.0. The van der Waals surface area contributed by atoms with Crippen molar-refractivity contribution in [1.82, 2.24) is 10.6 Å². The van der Waals surface area contributed by atoms with Crippen LogP contribution in [0.4, 0.5) is 0 Å². The van der Waals surface area contributed by atoms with Gasteiger partial charge in [0.1, 0.15) is 12.1 Å². The normalized spacial score (nSPS) is 13.4. The largest absolute Gasteiger partial charge is 0.464 e. The molecule has 0 bridgehead atoms. The molecule has 21 heavy (non-hydrogen) atoms. The van der Waals surface area contributed by atoms with E-state index in [4.69, 9.17) is 4.74 Å². The number of esters is 1. The van der Waals surface area contributed by atoms with E-state index in [0.29, 0.717) is 13.0 Å². The molecule has 2 atom stereocenters. The number of amides is 2. The quantitative estimate of drug-likeness (QED) is 0.498. The average Bonchev–Trinajstić information content (AvgIpc) is 2.36. The van der Waals surface area contributed by atoms with Crippen LogP contribution in [0.2, 0.25) is 0 Å². The van der Waals surface area contributed by atoms with Gasteiger partial charge in [0.25, 0.3) is 0 Å². The predicted octanol–water partition coefficient (Wildman–Crippen LogP) is 1.39. The highest BCUT2D eigenvalue weighted by Crippen LogP contribution is 2.05. The average molecular weight is 300 g/mol. The van der Waals surface area contributed by atoms with Gasteiger partial charge in [0, 0.05) is 6.92 Å². The van der Waals surface area contributed by atoms with Crippen LogP contribution in [0, 0.1) is 5.92 Å². The molecule has 0 saturated carbocycles. The summed E-state index contributed by atoms with van der Waals surface area (Å²) in [5, 5.41) is 5.19. The molecule has 122 valence electrons. The second kappa shape index (κ2) is 10.2. The maximum absolute atomic E-state index is 12.1. The Bertz CT molecular complexity index is 356. The molecular formula is C15H28N2O4. The zero-order chi connectivity index (χ0) is 16.4. The molecule has 0 aromatic rings. The first-order valence-electron chi connectivity index (χ1n) is 7.52. The SMILES string of the molecule is CCCCOC(=O)C(C)NC(=O)C(CC(C)C)NC(C)=O. The van der Waals surface area contributed by atoms with Crippen LogP contribution < -0.4 is 10.6 Å². The number of rotatable bonds is 9. The number of hydrogen-bond donors (Lipinski definition) is 2. The van der Waals surface area contributed by atoms with E-state index >= 15 is 0 Å². The first kappa shape index (κ1) is 19.4. The van der Waals surface area contributed by atoms with Crippen LogP contribution in [0.15, 0.2) is 0 Å². The van der Waals surface area contributed by atoms with Crippen LogP contribution in [-0.2, 0) is 19.1 Å². The van der Waals surface area contributed by atoms with Crippen LogP contribution in [-0.4, -0.2) is 36.5 Å². The van der Waals surface area contributed by atoms with Crippen molar-refractivity contribution in [3.8, 4) is 0 Å². The van der Waals surface area contributed by atoms with E-state index in [1.165, 1.54) is 6.92 Å². The minimum Gasteiger partial charge on any atom is -0.464 e. The summed E-state index contributed by atoms with van der Waals surface area (Å²) >= 11 is 0. The summed E-state index contributed by atoms with van der Waals surface area (Å²) in [5.41, 5.74) is 0. The van der Waals surface area contributed by atoms with Crippen molar-refractivity contribution >= 4 is 17.8 Å². The molecule has 0 saturated heterocycles. The molecule has 0 spiro atoms. The second-order valence-corrected chi connectivity index (χ2v) is 5.63. The van der Waals surface area contributed by atoms with Crippen molar-refractivity contribution in [2.75, 3.05) is 6.61 Å². The topological polar surface area (TPSA) is 84.5 Å². The highest BCUT2D eigenvalue weighted by atomic mass is 16.5. The fourth-order valence-corrected chi connectivity index (χ4v) is 1.76. The molecule has 0 aromatic carbocycles. The highest BCUT2D eigenvalue weighted by Gasteiger charge is 2.24. The van der Waals surface area contributed by atoms with Gasteiger partial charge in [0.15, 0.2) is 0 Å². The highest BCUT2D eigenvalue weighted by molar-refractivity contribution is 5.90. The van der Waals surface area contributed by atoms with Crippen molar-refractivity contribution < 1.29 is 19.1 Å². The van der Waals surface area contributed by atoms with Crippen LogP contribution in [0.5, 0.6) is 0 Å². The first-order valence-corrected chi connectivity index (χ1v) is 7.52. The molecule has 0 aromatic heterocycles. The Morgan fingerprint density at radius 3 is 2.19 bits per heavy atom. The van der Waals surface area contributed by atoms with E-state index in [9.17, 15) is 14.4 Å². The molecule has 0 fully saturated rings. The molecule has 0 aliphatic heterocycles. The Morgan fingerprint density at radius 1 is 1.10 bits per heavy atom. The van der Waals surface area contributed by atoms with E-state index in [1.807, 2.05) is 20.8 Å². The van der Waals surface area contributed by atoms with Gasteiger partial charge in [-0.2, -0.15) is 0 Å². The molecule has 0 aliphatic rings. The molecule has 2 amide bonds. The fraction of sp³-hybridized carbons (Fsp3) is 0.800. The van der Waals surface area contributed by atoms with E-state index in [1.54, 1.807) is 6.92 Å². The van der Waals surface area contributed by atoms with Gasteiger partial charge in [0.2, 0.25) is 11.8 Å². The van der Waals surface area contributed by atoms with Crippen molar-refractivity contribution in [2.24, 2.45) is 5.92 Å². The number of carbonyl (C=O) groups is 3. The number of unbranched alkanes of at least 4 members (excludes halogenated alkanes) is 1. The van der Waals surface area contributed by atoms with Gasteiger partial charge in [-0.3, -0.25) is 9.59 Å². The summed E-state index contributed by atoms with van der Waals surface area (Å²) in [7, 11) is 0. The number of carbonyl (C=O) groups excluding carboxylic acids is 3. The Hall–Kier alpha value is -1.59. The van der Waals surface area contributed by atoms with E-state index in [2.05, 4.69) is 10.6 Å². The molecule has 2 N–H and O–H groups in total. The minimum atomic E-state index is -0.724. The number of nitrogens with one attached hydrogen (secondary N) is 2. The van der Waals surface area contributed by atoms with Crippen molar-refractivity contribution in [3.63, 3.8) is 0 Å². The van der Waals surface area contributed by atoms with Gasteiger partial charge in [0.05, 0.1) is 6.61 Å². The van der Waals surface area contributed by atoms with Crippen LogP contribution in [0.3, 0.4) is 0 Å². The maximum atomic E-state index is 12.1. The maximum Gasteiger partial charge on any atom is 0.328 e. The summed E-state index contributed by atoms with van der Waals surface area (Å²) < 4.78 is 5.05. The van der Waals surface area contributed by atoms with Gasteiger partial charge in [-0.15, -0.1) is 0 Å².